The van der Waals surface area contributed by atoms with Crippen LogP contribution in [0.25, 0.3) is 11.3 Å². The molecule has 0 spiro atoms. The number of aryl methyl sites for hydroxylation is 1. The molecule has 2 rings (SSSR count). The lowest BCUT2D eigenvalue weighted by molar-refractivity contribution is 0.584. The largest absolute Gasteiger partial charge is 0.368 e. The molecule has 88 valence electrons. The Labute approximate surface area is 97.3 Å². The first-order chi connectivity index (χ1) is 8.08. The Hall–Kier alpha value is -2.04. The second-order valence-electron chi connectivity index (χ2n) is 3.61. The molecule has 0 radical (unpaired) electrons. The van der Waals surface area contributed by atoms with Crippen molar-refractivity contribution >= 4 is 5.95 Å². The van der Waals surface area contributed by atoms with E-state index in [1.54, 1.807) is 6.07 Å². The van der Waals surface area contributed by atoms with Gasteiger partial charge in [0.1, 0.15) is 11.6 Å². The van der Waals surface area contributed by atoms with E-state index in [2.05, 4.69) is 9.97 Å². The second kappa shape index (κ2) is 4.45. The number of hydrogen-bond donors (Lipinski definition) is 1. The Bertz CT molecular complexity index is 535. The van der Waals surface area contributed by atoms with Gasteiger partial charge in [-0.15, -0.1) is 0 Å². The van der Waals surface area contributed by atoms with Gasteiger partial charge in [-0.05, 0) is 24.6 Å². The average molecular weight is 235 g/mol. The van der Waals surface area contributed by atoms with Crippen LogP contribution in [0.15, 0.2) is 24.3 Å². The minimum atomic E-state index is -0.643. The number of benzene rings is 1. The van der Waals surface area contributed by atoms with Gasteiger partial charge in [0.05, 0.1) is 5.69 Å². The zero-order chi connectivity index (χ0) is 12.4. The number of aromatic nitrogens is 2. The van der Waals surface area contributed by atoms with Crippen LogP contribution in [0.4, 0.5) is 14.7 Å². The van der Waals surface area contributed by atoms with Crippen molar-refractivity contribution in [1.29, 1.82) is 0 Å². The van der Waals surface area contributed by atoms with Crippen LogP contribution in [0.2, 0.25) is 0 Å². The molecule has 0 atom stereocenters. The summed E-state index contributed by atoms with van der Waals surface area (Å²) in [7, 11) is 0. The summed E-state index contributed by atoms with van der Waals surface area (Å²) in [5.74, 6) is -1.19. The number of rotatable bonds is 2. The highest BCUT2D eigenvalue weighted by Crippen LogP contribution is 2.21. The number of nitrogens with two attached hydrogens (primary N) is 1. The smallest absolute Gasteiger partial charge is 0.220 e. The third kappa shape index (κ3) is 2.55. The fraction of sp³-hybridized carbons (Fsp3) is 0.167. The molecule has 5 heteroatoms. The highest BCUT2D eigenvalue weighted by Gasteiger charge is 2.07. The normalized spacial score (nSPS) is 10.5. The molecule has 1 aromatic carbocycles. The van der Waals surface area contributed by atoms with Crippen molar-refractivity contribution in [2.75, 3.05) is 5.73 Å². The Morgan fingerprint density at radius 3 is 2.29 bits per heavy atom. The van der Waals surface area contributed by atoms with Crippen molar-refractivity contribution in [2.45, 2.75) is 13.3 Å². The number of halogens is 2. The van der Waals surface area contributed by atoms with Gasteiger partial charge in [0.15, 0.2) is 0 Å². The van der Waals surface area contributed by atoms with Gasteiger partial charge in [0.25, 0.3) is 0 Å². The Morgan fingerprint density at radius 1 is 1.06 bits per heavy atom. The lowest BCUT2D eigenvalue weighted by Gasteiger charge is -2.05. The molecule has 0 aliphatic heterocycles. The zero-order valence-electron chi connectivity index (χ0n) is 9.24. The van der Waals surface area contributed by atoms with E-state index in [9.17, 15) is 8.78 Å². The predicted octanol–water partition coefficient (Wildman–Crippen LogP) is 2.57. The molecular formula is C12H11F2N3. The summed E-state index contributed by atoms with van der Waals surface area (Å²) in [4.78, 5) is 7.97. The lowest BCUT2D eigenvalue weighted by atomic mass is 10.1. The number of anilines is 1. The van der Waals surface area contributed by atoms with E-state index in [0.717, 1.165) is 11.8 Å². The minimum Gasteiger partial charge on any atom is -0.368 e. The van der Waals surface area contributed by atoms with Gasteiger partial charge < -0.3 is 5.73 Å². The molecule has 0 aliphatic rings. The maximum atomic E-state index is 13.1. The van der Waals surface area contributed by atoms with E-state index < -0.39 is 11.6 Å². The SMILES string of the molecule is CCc1cc(-c2cc(F)cc(F)c2)nc(N)n1. The Balaban J connectivity index is 2.55. The van der Waals surface area contributed by atoms with Crippen LogP contribution in [0, 0.1) is 11.6 Å². The fourth-order valence-corrected chi connectivity index (χ4v) is 1.55. The molecule has 0 saturated heterocycles. The summed E-state index contributed by atoms with van der Waals surface area (Å²) in [5, 5.41) is 0. The van der Waals surface area contributed by atoms with Gasteiger partial charge in [-0.25, -0.2) is 18.7 Å². The lowest BCUT2D eigenvalue weighted by Crippen LogP contribution is -2.00. The maximum absolute atomic E-state index is 13.1. The van der Waals surface area contributed by atoms with Gasteiger partial charge >= 0.3 is 0 Å². The third-order valence-electron chi connectivity index (χ3n) is 2.32. The van der Waals surface area contributed by atoms with Gasteiger partial charge in [-0.2, -0.15) is 0 Å². The van der Waals surface area contributed by atoms with Crippen LogP contribution >= 0.6 is 0 Å². The van der Waals surface area contributed by atoms with Crippen molar-refractivity contribution in [3.63, 3.8) is 0 Å². The van der Waals surface area contributed by atoms with Crippen LogP contribution in [0.3, 0.4) is 0 Å². The van der Waals surface area contributed by atoms with E-state index in [-0.39, 0.29) is 5.95 Å². The highest BCUT2D eigenvalue weighted by molar-refractivity contribution is 5.60. The average Bonchev–Trinajstić information content (AvgIpc) is 2.26. The second-order valence-corrected chi connectivity index (χ2v) is 3.61. The van der Waals surface area contributed by atoms with E-state index in [1.807, 2.05) is 6.92 Å². The van der Waals surface area contributed by atoms with E-state index in [4.69, 9.17) is 5.73 Å². The van der Waals surface area contributed by atoms with Crippen molar-refractivity contribution in [3.05, 3.63) is 41.6 Å². The minimum absolute atomic E-state index is 0.101. The van der Waals surface area contributed by atoms with Crippen LogP contribution in [-0.2, 0) is 6.42 Å². The molecule has 3 nitrogen and oxygen atoms in total. The van der Waals surface area contributed by atoms with Crippen molar-refractivity contribution < 1.29 is 8.78 Å². The molecule has 1 heterocycles. The standard InChI is InChI=1S/C12H11F2N3/c1-2-10-6-11(17-12(15)16-10)7-3-8(13)5-9(14)4-7/h3-6H,2H2,1H3,(H2,15,16,17). The van der Waals surface area contributed by atoms with Crippen LogP contribution in [0.5, 0.6) is 0 Å². The summed E-state index contributed by atoms with van der Waals surface area (Å²) in [6, 6.07) is 4.91. The van der Waals surface area contributed by atoms with Crippen molar-refractivity contribution in [1.82, 2.24) is 9.97 Å². The maximum Gasteiger partial charge on any atom is 0.220 e. The molecule has 0 saturated carbocycles. The summed E-state index contributed by atoms with van der Waals surface area (Å²) in [6.45, 7) is 1.91. The molecule has 0 amide bonds. The van der Waals surface area contributed by atoms with Crippen LogP contribution < -0.4 is 5.73 Å². The van der Waals surface area contributed by atoms with Gasteiger partial charge in [0, 0.05) is 17.3 Å². The van der Waals surface area contributed by atoms with Gasteiger partial charge in [-0.3, -0.25) is 0 Å². The quantitative estimate of drug-likeness (QED) is 0.870. The predicted molar refractivity (Wildman–Crippen MR) is 61.2 cm³/mol. The topological polar surface area (TPSA) is 51.8 Å². The van der Waals surface area contributed by atoms with Gasteiger partial charge in [-0.1, -0.05) is 6.92 Å². The molecule has 0 fully saturated rings. The summed E-state index contributed by atoms with van der Waals surface area (Å²) >= 11 is 0. The fourth-order valence-electron chi connectivity index (χ4n) is 1.55. The summed E-state index contributed by atoms with van der Waals surface area (Å²) in [6.07, 6.45) is 0.678. The first-order valence-electron chi connectivity index (χ1n) is 5.18. The number of nitrogens with zero attached hydrogens (tertiary/aromatic N) is 2. The highest BCUT2D eigenvalue weighted by atomic mass is 19.1. The number of nitrogen functional groups attached to an aromatic ring is 1. The van der Waals surface area contributed by atoms with E-state index in [1.165, 1.54) is 12.1 Å². The zero-order valence-corrected chi connectivity index (χ0v) is 9.24. The molecule has 0 aliphatic carbocycles. The summed E-state index contributed by atoms with van der Waals surface area (Å²) < 4.78 is 26.2. The molecule has 1 aromatic heterocycles. The van der Waals surface area contributed by atoms with E-state index >= 15 is 0 Å². The van der Waals surface area contributed by atoms with Crippen molar-refractivity contribution in [3.8, 4) is 11.3 Å². The number of hydrogen-bond acceptors (Lipinski definition) is 3. The van der Waals surface area contributed by atoms with Gasteiger partial charge in [0.2, 0.25) is 5.95 Å². The van der Waals surface area contributed by atoms with Crippen LogP contribution in [0.1, 0.15) is 12.6 Å². The molecular weight excluding hydrogens is 224 g/mol. The first kappa shape index (κ1) is 11.4. The van der Waals surface area contributed by atoms with Crippen LogP contribution in [-0.4, -0.2) is 9.97 Å². The molecule has 0 bridgehead atoms. The molecule has 17 heavy (non-hydrogen) atoms. The Morgan fingerprint density at radius 2 is 1.71 bits per heavy atom. The Kier molecular flexibility index (Phi) is 2.99. The van der Waals surface area contributed by atoms with E-state index in [0.29, 0.717) is 17.7 Å². The van der Waals surface area contributed by atoms with Crippen molar-refractivity contribution in [2.24, 2.45) is 0 Å². The first-order valence-corrected chi connectivity index (χ1v) is 5.18. The third-order valence-corrected chi connectivity index (χ3v) is 2.32. The summed E-state index contributed by atoms with van der Waals surface area (Å²) in [5.41, 5.74) is 7.05. The molecule has 0 unspecified atom stereocenters. The molecule has 2 N–H and O–H groups in total. The monoisotopic (exact) mass is 235 g/mol. The molecule has 2 aromatic rings.